The molecule has 0 bridgehead atoms. The van der Waals surface area contributed by atoms with E-state index in [1.165, 1.54) is 24.8 Å². The van der Waals surface area contributed by atoms with Crippen LogP contribution in [0.4, 0.5) is 0 Å². The third kappa shape index (κ3) is 2.46. The van der Waals surface area contributed by atoms with Crippen LogP contribution in [0.25, 0.3) is 0 Å². The number of hydrogen-bond donors (Lipinski definition) is 0. The van der Waals surface area contributed by atoms with Crippen LogP contribution in [-0.4, -0.2) is 12.9 Å². The van der Waals surface area contributed by atoms with Crippen molar-refractivity contribution in [3.63, 3.8) is 0 Å². The van der Waals surface area contributed by atoms with Gasteiger partial charge in [0, 0.05) is 11.1 Å². The standard InChI is InChI=1S/C18H18O2/c1-20-17-10-8-14(9-11-17)18(19)16-7-3-6-15(12-16)13-4-2-5-13/h3,6-13H,2,4-5H2,1H3. The van der Waals surface area contributed by atoms with Crippen molar-refractivity contribution in [2.45, 2.75) is 25.2 Å². The number of carbonyl (C=O) groups is 1. The van der Waals surface area contributed by atoms with E-state index in [0.29, 0.717) is 11.5 Å². The summed E-state index contributed by atoms with van der Waals surface area (Å²) >= 11 is 0. The quantitative estimate of drug-likeness (QED) is 0.775. The van der Waals surface area contributed by atoms with Crippen molar-refractivity contribution >= 4 is 5.78 Å². The first-order chi connectivity index (χ1) is 9.78. The molecular weight excluding hydrogens is 248 g/mol. The van der Waals surface area contributed by atoms with E-state index in [1.54, 1.807) is 7.11 Å². The van der Waals surface area contributed by atoms with E-state index in [2.05, 4.69) is 12.1 Å². The highest BCUT2D eigenvalue weighted by Gasteiger charge is 2.20. The van der Waals surface area contributed by atoms with E-state index in [0.717, 1.165) is 11.3 Å². The largest absolute Gasteiger partial charge is 0.497 e. The van der Waals surface area contributed by atoms with E-state index >= 15 is 0 Å². The van der Waals surface area contributed by atoms with Gasteiger partial charge in [0.2, 0.25) is 0 Å². The fourth-order valence-corrected chi connectivity index (χ4v) is 2.58. The van der Waals surface area contributed by atoms with Crippen LogP contribution in [0.1, 0.15) is 46.7 Å². The van der Waals surface area contributed by atoms with Gasteiger partial charge in [0.1, 0.15) is 5.75 Å². The van der Waals surface area contributed by atoms with Gasteiger partial charge in [0.25, 0.3) is 0 Å². The molecular formula is C18H18O2. The first-order valence-electron chi connectivity index (χ1n) is 7.06. The molecule has 0 unspecified atom stereocenters. The van der Waals surface area contributed by atoms with Crippen LogP contribution in [0.3, 0.4) is 0 Å². The Balaban J connectivity index is 1.85. The highest BCUT2D eigenvalue weighted by Crippen LogP contribution is 2.36. The highest BCUT2D eigenvalue weighted by atomic mass is 16.5. The monoisotopic (exact) mass is 266 g/mol. The zero-order chi connectivity index (χ0) is 13.9. The molecule has 1 aliphatic rings. The van der Waals surface area contributed by atoms with Crippen LogP contribution >= 0.6 is 0 Å². The van der Waals surface area contributed by atoms with Crippen molar-refractivity contribution < 1.29 is 9.53 Å². The lowest BCUT2D eigenvalue weighted by molar-refractivity contribution is 0.103. The first kappa shape index (κ1) is 12.9. The molecule has 2 aromatic rings. The van der Waals surface area contributed by atoms with Gasteiger partial charge >= 0.3 is 0 Å². The number of ether oxygens (including phenoxy) is 1. The predicted molar refractivity (Wildman–Crippen MR) is 79.5 cm³/mol. The average molecular weight is 266 g/mol. The van der Waals surface area contributed by atoms with E-state index < -0.39 is 0 Å². The summed E-state index contributed by atoms with van der Waals surface area (Å²) in [5, 5.41) is 0. The summed E-state index contributed by atoms with van der Waals surface area (Å²) in [6, 6.07) is 15.4. The van der Waals surface area contributed by atoms with Gasteiger partial charge in [-0.25, -0.2) is 0 Å². The third-order valence-corrected chi connectivity index (χ3v) is 4.08. The van der Waals surface area contributed by atoms with E-state index in [1.807, 2.05) is 36.4 Å². The van der Waals surface area contributed by atoms with Crippen molar-refractivity contribution in [2.75, 3.05) is 7.11 Å². The Morgan fingerprint density at radius 3 is 2.40 bits per heavy atom. The molecule has 1 saturated carbocycles. The molecule has 0 saturated heterocycles. The molecule has 1 aliphatic carbocycles. The zero-order valence-electron chi connectivity index (χ0n) is 11.6. The van der Waals surface area contributed by atoms with Crippen LogP contribution in [-0.2, 0) is 0 Å². The summed E-state index contributed by atoms with van der Waals surface area (Å²) in [4.78, 5) is 12.5. The van der Waals surface area contributed by atoms with E-state index in [4.69, 9.17) is 4.74 Å². The Morgan fingerprint density at radius 1 is 1.05 bits per heavy atom. The van der Waals surface area contributed by atoms with Gasteiger partial charge < -0.3 is 4.74 Å². The smallest absolute Gasteiger partial charge is 0.193 e. The second-order valence-corrected chi connectivity index (χ2v) is 5.31. The number of methoxy groups -OCH3 is 1. The number of carbonyl (C=O) groups excluding carboxylic acids is 1. The van der Waals surface area contributed by atoms with Crippen LogP contribution in [0.2, 0.25) is 0 Å². The van der Waals surface area contributed by atoms with Crippen molar-refractivity contribution in [1.82, 2.24) is 0 Å². The van der Waals surface area contributed by atoms with Gasteiger partial charge in [0.05, 0.1) is 7.11 Å². The van der Waals surface area contributed by atoms with Gasteiger partial charge in [0.15, 0.2) is 5.78 Å². The summed E-state index contributed by atoms with van der Waals surface area (Å²) in [6.07, 6.45) is 3.81. The van der Waals surface area contributed by atoms with Crippen molar-refractivity contribution in [1.29, 1.82) is 0 Å². The second kappa shape index (κ2) is 5.49. The van der Waals surface area contributed by atoms with Crippen LogP contribution in [0.15, 0.2) is 48.5 Å². The normalized spacial score (nSPS) is 14.7. The molecule has 0 heterocycles. The molecule has 0 N–H and O–H groups in total. The molecule has 0 aromatic heterocycles. The Bertz CT molecular complexity index is 610. The lowest BCUT2D eigenvalue weighted by atomic mass is 9.79. The van der Waals surface area contributed by atoms with Crippen LogP contribution < -0.4 is 4.74 Å². The van der Waals surface area contributed by atoms with Gasteiger partial charge in [-0.3, -0.25) is 4.79 Å². The summed E-state index contributed by atoms with van der Waals surface area (Å²) in [5.74, 6) is 1.50. The Kier molecular flexibility index (Phi) is 3.55. The molecule has 0 radical (unpaired) electrons. The molecule has 3 rings (SSSR count). The maximum atomic E-state index is 12.5. The summed E-state index contributed by atoms with van der Waals surface area (Å²) in [7, 11) is 1.62. The molecule has 0 atom stereocenters. The van der Waals surface area contributed by atoms with Gasteiger partial charge in [-0.15, -0.1) is 0 Å². The molecule has 2 heteroatoms. The molecule has 2 nitrogen and oxygen atoms in total. The zero-order valence-corrected chi connectivity index (χ0v) is 11.6. The molecule has 0 spiro atoms. The van der Waals surface area contributed by atoms with E-state index in [9.17, 15) is 4.79 Å². The minimum absolute atomic E-state index is 0.0776. The molecule has 2 aromatic carbocycles. The van der Waals surface area contributed by atoms with Gasteiger partial charge in [-0.1, -0.05) is 24.6 Å². The van der Waals surface area contributed by atoms with Crippen molar-refractivity contribution in [3.05, 3.63) is 65.2 Å². The predicted octanol–water partition coefficient (Wildman–Crippen LogP) is 4.19. The summed E-state index contributed by atoms with van der Waals surface area (Å²) in [6.45, 7) is 0. The fourth-order valence-electron chi connectivity index (χ4n) is 2.58. The molecule has 1 fully saturated rings. The molecule has 0 aliphatic heterocycles. The minimum Gasteiger partial charge on any atom is -0.497 e. The molecule has 0 amide bonds. The molecule has 102 valence electrons. The van der Waals surface area contributed by atoms with E-state index in [-0.39, 0.29) is 5.78 Å². The number of ketones is 1. The van der Waals surface area contributed by atoms with Gasteiger partial charge in [-0.05, 0) is 54.7 Å². The average Bonchev–Trinajstić information content (AvgIpc) is 2.45. The van der Waals surface area contributed by atoms with Crippen LogP contribution in [0.5, 0.6) is 5.75 Å². The SMILES string of the molecule is COc1ccc(C(=O)c2cccc(C3CCC3)c2)cc1. The first-order valence-corrected chi connectivity index (χ1v) is 7.06. The Hall–Kier alpha value is -2.09. The number of benzene rings is 2. The maximum absolute atomic E-state index is 12.5. The Labute approximate surface area is 119 Å². The van der Waals surface area contributed by atoms with Crippen LogP contribution in [0, 0.1) is 0 Å². The molecule has 20 heavy (non-hydrogen) atoms. The summed E-state index contributed by atoms with van der Waals surface area (Å²) in [5.41, 5.74) is 2.78. The number of hydrogen-bond acceptors (Lipinski definition) is 2. The van der Waals surface area contributed by atoms with Crippen molar-refractivity contribution in [2.24, 2.45) is 0 Å². The minimum atomic E-state index is 0.0776. The lowest BCUT2D eigenvalue weighted by Crippen LogP contribution is -2.10. The topological polar surface area (TPSA) is 26.3 Å². The second-order valence-electron chi connectivity index (χ2n) is 5.31. The highest BCUT2D eigenvalue weighted by molar-refractivity contribution is 6.09. The Morgan fingerprint density at radius 2 is 1.80 bits per heavy atom. The lowest BCUT2D eigenvalue weighted by Gasteiger charge is -2.26. The van der Waals surface area contributed by atoms with Gasteiger partial charge in [-0.2, -0.15) is 0 Å². The fraction of sp³-hybridized carbons (Fsp3) is 0.278. The number of rotatable bonds is 4. The third-order valence-electron chi connectivity index (χ3n) is 4.08. The van der Waals surface area contributed by atoms with Crippen molar-refractivity contribution in [3.8, 4) is 5.75 Å². The summed E-state index contributed by atoms with van der Waals surface area (Å²) < 4.78 is 5.12. The maximum Gasteiger partial charge on any atom is 0.193 e.